The second-order valence-electron chi connectivity index (χ2n) is 5.54. The minimum Gasteiger partial charge on any atom is -0.457 e. The average Bonchev–Trinajstić information content (AvgIpc) is 2.98. The summed E-state index contributed by atoms with van der Waals surface area (Å²) in [5.74, 6) is 1.13. The van der Waals surface area contributed by atoms with Gasteiger partial charge in [0.15, 0.2) is 12.0 Å². The van der Waals surface area contributed by atoms with Gasteiger partial charge >= 0.3 is 0 Å². The topological polar surface area (TPSA) is 48.7 Å². The van der Waals surface area contributed by atoms with Crippen molar-refractivity contribution in [3.63, 3.8) is 0 Å². The maximum atomic E-state index is 10.7. The van der Waals surface area contributed by atoms with Crippen molar-refractivity contribution in [3.8, 4) is 0 Å². The molecule has 1 aromatic carbocycles. The molecule has 0 radical (unpaired) electrons. The summed E-state index contributed by atoms with van der Waals surface area (Å²) in [5.41, 5.74) is 1.17. The van der Waals surface area contributed by atoms with Crippen molar-refractivity contribution >= 4 is 22.2 Å². The van der Waals surface area contributed by atoms with Crippen LogP contribution in [-0.4, -0.2) is 25.6 Å². The van der Waals surface area contributed by atoms with E-state index in [-0.39, 0.29) is 6.10 Å². The zero-order chi connectivity index (χ0) is 17.2. The number of halogens is 1. The number of aldehydes is 1. The summed E-state index contributed by atoms with van der Waals surface area (Å²) in [7, 11) is 0. The molecule has 0 unspecified atom stereocenters. The number of carbonyl (C=O) groups excluding carboxylic acids is 1. The van der Waals surface area contributed by atoms with Crippen LogP contribution in [0.2, 0.25) is 0 Å². The molecule has 1 heterocycles. The van der Waals surface area contributed by atoms with Crippen molar-refractivity contribution in [1.82, 2.24) is 0 Å². The number of hydrogen-bond donors (Lipinski definition) is 0. The van der Waals surface area contributed by atoms with Gasteiger partial charge in [0.1, 0.15) is 5.76 Å². The van der Waals surface area contributed by atoms with Gasteiger partial charge in [0, 0.05) is 19.1 Å². The molecular weight excluding hydrogens is 372 g/mol. The summed E-state index contributed by atoms with van der Waals surface area (Å²) < 4.78 is 17.8. The first-order valence-electron chi connectivity index (χ1n) is 8.19. The van der Waals surface area contributed by atoms with Crippen molar-refractivity contribution in [1.29, 1.82) is 0 Å². The zero-order valence-electron chi connectivity index (χ0n) is 13.9. The SMILES string of the molecule is CC[C@H](COCCCc1oc(C=O)cc1Br)OCc1ccccc1. The van der Waals surface area contributed by atoms with E-state index in [2.05, 4.69) is 35.0 Å². The van der Waals surface area contributed by atoms with Crippen molar-refractivity contribution in [2.75, 3.05) is 13.2 Å². The van der Waals surface area contributed by atoms with Crippen LogP contribution in [0.25, 0.3) is 0 Å². The monoisotopic (exact) mass is 394 g/mol. The lowest BCUT2D eigenvalue weighted by molar-refractivity contribution is -0.0267. The number of aryl methyl sites for hydroxylation is 1. The number of ether oxygens (including phenoxy) is 2. The van der Waals surface area contributed by atoms with Crippen LogP contribution >= 0.6 is 15.9 Å². The molecule has 1 aromatic heterocycles. The summed E-state index contributed by atoms with van der Waals surface area (Å²) >= 11 is 3.39. The van der Waals surface area contributed by atoms with Crippen molar-refractivity contribution in [2.24, 2.45) is 0 Å². The Morgan fingerprint density at radius 3 is 2.75 bits per heavy atom. The number of carbonyl (C=O) groups is 1. The maximum absolute atomic E-state index is 10.7. The predicted octanol–water partition coefficient (Wildman–Crippen LogP) is 4.80. The standard InChI is InChI=1S/C19H23BrO4/c1-2-16(23-13-15-7-4-3-5-8-15)14-22-10-6-9-19-18(20)11-17(12-21)24-19/h3-5,7-8,11-12,16H,2,6,9-10,13-14H2,1H3/t16-/m1/s1. The van der Waals surface area contributed by atoms with E-state index in [1.807, 2.05) is 18.2 Å². The molecule has 4 nitrogen and oxygen atoms in total. The number of hydrogen-bond acceptors (Lipinski definition) is 4. The highest BCUT2D eigenvalue weighted by Crippen LogP contribution is 2.22. The Balaban J connectivity index is 1.63. The minimum absolute atomic E-state index is 0.0993. The molecule has 130 valence electrons. The van der Waals surface area contributed by atoms with E-state index in [9.17, 15) is 4.79 Å². The van der Waals surface area contributed by atoms with Gasteiger partial charge in [-0.2, -0.15) is 0 Å². The first kappa shape index (κ1) is 18.9. The Bertz CT molecular complexity index is 609. The van der Waals surface area contributed by atoms with Crippen molar-refractivity contribution in [2.45, 2.75) is 38.9 Å². The van der Waals surface area contributed by atoms with Gasteiger partial charge in [0.05, 0.1) is 23.8 Å². The molecule has 24 heavy (non-hydrogen) atoms. The average molecular weight is 395 g/mol. The second-order valence-corrected chi connectivity index (χ2v) is 6.40. The number of rotatable bonds is 11. The maximum Gasteiger partial charge on any atom is 0.185 e. The Morgan fingerprint density at radius 1 is 1.29 bits per heavy atom. The van der Waals surface area contributed by atoms with E-state index in [1.165, 1.54) is 5.56 Å². The van der Waals surface area contributed by atoms with Gasteiger partial charge in [-0.25, -0.2) is 0 Å². The quantitative estimate of drug-likeness (QED) is 0.405. The highest BCUT2D eigenvalue weighted by atomic mass is 79.9. The largest absolute Gasteiger partial charge is 0.457 e. The third-order valence-corrected chi connectivity index (χ3v) is 4.34. The molecule has 0 bridgehead atoms. The molecule has 0 aliphatic carbocycles. The van der Waals surface area contributed by atoms with Gasteiger partial charge < -0.3 is 13.9 Å². The lowest BCUT2D eigenvalue weighted by Gasteiger charge is -2.16. The molecule has 0 fully saturated rings. The molecule has 2 aromatic rings. The molecule has 0 spiro atoms. The molecule has 0 N–H and O–H groups in total. The third-order valence-electron chi connectivity index (χ3n) is 3.67. The van der Waals surface area contributed by atoms with E-state index in [0.29, 0.717) is 31.9 Å². The van der Waals surface area contributed by atoms with E-state index in [0.717, 1.165) is 29.5 Å². The van der Waals surface area contributed by atoms with E-state index in [4.69, 9.17) is 13.9 Å². The fraction of sp³-hybridized carbons (Fsp3) is 0.421. The van der Waals surface area contributed by atoms with Gasteiger partial charge in [-0.15, -0.1) is 0 Å². The van der Waals surface area contributed by atoms with Gasteiger partial charge in [0.2, 0.25) is 0 Å². The van der Waals surface area contributed by atoms with Gasteiger partial charge in [-0.1, -0.05) is 37.3 Å². The fourth-order valence-corrected chi connectivity index (χ4v) is 2.78. The highest BCUT2D eigenvalue weighted by molar-refractivity contribution is 9.10. The molecule has 0 aliphatic rings. The highest BCUT2D eigenvalue weighted by Gasteiger charge is 2.09. The summed E-state index contributed by atoms with van der Waals surface area (Å²) in [6.45, 7) is 3.92. The summed E-state index contributed by atoms with van der Waals surface area (Å²) in [6, 6.07) is 11.8. The number of benzene rings is 1. The fourth-order valence-electron chi connectivity index (χ4n) is 2.28. The zero-order valence-corrected chi connectivity index (χ0v) is 15.5. The van der Waals surface area contributed by atoms with Crippen LogP contribution in [0.1, 0.15) is 41.6 Å². The van der Waals surface area contributed by atoms with Crippen molar-refractivity contribution in [3.05, 3.63) is 58.0 Å². The Labute approximate surface area is 151 Å². The van der Waals surface area contributed by atoms with E-state index in [1.54, 1.807) is 6.07 Å². The van der Waals surface area contributed by atoms with Crippen LogP contribution in [0.3, 0.4) is 0 Å². The molecular formula is C19H23BrO4. The van der Waals surface area contributed by atoms with Crippen LogP contribution in [0.5, 0.6) is 0 Å². The lowest BCUT2D eigenvalue weighted by atomic mass is 10.2. The third kappa shape index (κ3) is 6.23. The van der Waals surface area contributed by atoms with Gasteiger partial charge in [-0.3, -0.25) is 4.79 Å². The van der Waals surface area contributed by atoms with Gasteiger partial charge in [0.25, 0.3) is 0 Å². The molecule has 0 saturated heterocycles. The molecule has 0 amide bonds. The summed E-state index contributed by atoms with van der Waals surface area (Å²) in [6.07, 6.45) is 3.29. The van der Waals surface area contributed by atoms with E-state index < -0.39 is 0 Å². The summed E-state index contributed by atoms with van der Waals surface area (Å²) in [5, 5.41) is 0. The Morgan fingerprint density at radius 2 is 2.08 bits per heavy atom. The lowest BCUT2D eigenvalue weighted by Crippen LogP contribution is -2.19. The van der Waals surface area contributed by atoms with Crippen LogP contribution < -0.4 is 0 Å². The normalized spacial score (nSPS) is 12.2. The molecule has 2 rings (SSSR count). The van der Waals surface area contributed by atoms with Crippen LogP contribution in [0.4, 0.5) is 0 Å². The Hall–Kier alpha value is -1.43. The second kappa shape index (κ2) is 10.4. The van der Waals surface area contributed by atoms with Crippen molar-refractivity contribution < 1.29 is 18.7 Å². The van der Waals surface area contributed by atoms with E-state index >= 15 is 0 Å². The van der Waals surface area contributed by atoms with Crippen LogP contribution in [0, 0.1) is 0 Å². The molecule has 1 atom stereocenters. The summed E-state index contributed by atoms with van der Waals surface area (Å²) in [4.78, 5) is 10.7. The van der Waals surface area contributed by atoms with Gasteiger partial charge in [-0.05, 0) is 34.3 Å². The molecule has 5 heteroatoms. The smallest absolute Gasteiger partial charge is 0.185 e. The Kier molecular flexibility index (Phi) is 8.22. The van der Waals surface area contributed by atoms with Crippen LogP contribution in [0.15, 0.2) is 45.3 Å². The predicted molar refractivity (Wildman–Crippen MR) is 96.2 cm³/mol. The first-order valence-corrected chi connectivity index (χ1v) is 8.99. The number of furan rings is 1. The molecule has 0 saturated carbocycles. The minimum atomic E-state index is 0.0993. The first-order chi connectivity index (χ1) is 11.7. The van der Waals surface area contributed by atoms with Crippen LogP contribution in [-0.2, 0) is 22.5 Å². The molecule has 0 aliphatic heterocycles.